The van der Waals surface area contributed by atoms with Gasteiger partial charge in [-0.15, -0.1) is 0 Å². The maximum absolute atomic E-state index is 9.15. The second-order valence-electron chi connectivity index (χ2n) is 4.66. The standard InChI is InChI=1S/C11H24N2O/c1-9(2)13-6-4-11(5-7-13)12-8-10(3)14/h9-12,14H,4-8H2,1-3H3/t10-/m0/s1. The van der Waals surface area contributed by atoms with Crippen molar-refractivity contribution in [2.45, 2.75) is 51.8 Å². The molecule has 1 atom stereocenters. The number of aliphatic hydroxyl groups is 1. The van der Waals surface area contributed by atoms with E-state index in [-0.39, 0.29) is 6.10 Å². The van der Waals surface area contributed by atoms with Crippen molar-refractivity contribution in [3.05, 3.63) is 0 Å². The van der Waals surface area contributed by atoms with Gasteiger partial charge in [-0.3, -0.25) is 0 Å². The molecular formula is C11H24N2O. The maximum Gasteiger partial charge on any atom is 0.0636 e. The maximum atomic E-state index is 9.15. The Morgan fingerprint density at radius 3 is 2.29 bits per heavy atom. The van der Waals surface area contributed by atoms with E-state index in [1.54, 1.807) is 0 Å². The van der Waals surface area contributed by atoms with E-state index in [1.807, 2.05) is 6.92 Å². The fourth-order valence-electron chi connectivity index (χ4n) is 1.96. The third-order valence-electron chi connectivity index (χ3n) is 2.96. The molecule has 1 aliphatic rings. The number of hydrogen-bond acceptors (Lipinski definition) is 3. The van der Waals surface area contributed by atoms with Crippen molar-refractivity contribution in [2.75, 3.05) is 19.6 Å². The van der Waals surface area contributed by atoms with Crippen molar-refractivity contribution in [2.24, 2.45) is 0 Å². The van der Waals surface area contributed by atoms with E-state index in [4.69, 9.17) is 5.11 Å². The summed E-state index contributed by atoms with van der Waals surface area (Å²) in [6, 6.07) is 1.28. The zero-order valence-corrected chi connectivity index (χ0v) is 9.66. The predicted molar refractivity (Wildman–Crippen MR) is 59.4 cm³/mol. The van der Waals surface area contributed by atoms with Crippen molar-refractivity contribution in [1.82, 2.24) is 10.2 Å². The van der Waals surface area contributed by atoms with Crippen LogP contribution in [0.15, 0.2) is 0 Å². The van der Waals surface area contributed by atoms with Gasteiger partial charge in [-0.1, -0.05) is 0 Å². The van der Waals surface area contributed by atoms with Gasteiger partial charge in [0.25, 0.3) is 0 Å². The monoisotopic (exact) mass is 200 g/mol. The number of hydrogen-bond donors (Lipinski definition) is 2. The molecule has 2 N–H and O–H groups in total. The zero-order valence-electron chi connectivity index (χ0n) is 9.66. The third kappa shape index (κ3) is 3.95. The van der Waals surface area contributed by atoms with Gasteiger partial charge in [0.05, 0.1) is 6.10 Å². The first-order valence-corrected chi connectivity index (χ1v) is 5.75. The lowest BCUT2D eigenvalue weighted by Crippen LogP contribution is -2.46. The first-order valence-electron chi connectivity index (χ1n) is 5.75. The highest BCUT2D eigenvalue weighted by Crippen LogP contribution is 2.12. The molecule has 1 heterocycles. The van der Waals surface area contributed by atoms with Crippen molar-refractivity contribution >= 4 is 0 Å². The second kappa shape index (κ2) is 5.69. The highest BCUT2D eigenvalue weighted by Gasteiger charge is 2.20. The van der Waals surface area contributed by atoms with Gasteiger partial charge < -0.3 is 15.3 Å². The average molecular weight is 200 g/mol. The van der Waals surface area contributed by atoms with Crippen LogP contribution in [-0.2, 0) is 0 Å². The number of piperidine rings is 1. The van der Waals surface area contributed by atoms with Crippen LogP contribution in [0.1, 0.15) is 33.6 Å². The van der Waals surface area contributed by atoms with E-state index in [9.17, 15) is 0 Å². The Morgan fingerprint density at radius 2 is 1.86 bits per heavy atom. The summed E-state index contributed by atoms with van der Waals surface area (Å²) in [5.41, 5.74) is 0. The first-order chi connectivity index (χ1) is 6.59. The lowest BCUT2D eigenvalue weighted by molar-refractivity contribution is 0.144. The Balaban J connectivity index is 2.16. The molecule has 14 heavy (non-hydrogen) atoms. The van der Waals surface area contributed by atoms with E-state index in [0.717, 1.165) is 6.54 Å². The third-order valence-corrected chi connectivity index (χ3v) is 2.96. The number of nitrogens with one attached hydrogen (secondary N) is 1. The van der Waals surface area contributed by atoms with Crippen LogP contribution in [0.3, 0.4) is 0 Å². The van der Waals surface area contributed by atoms with Crippen LogP contribution >= 0.6 is 0 Å². The lowest BCUT2D eigenvalue weighted by Gasteiger charge is -2.35. The molecule has 0 amide bonds. The summed E-state index contributed by atoms with van der Waals surface area (Å²) in [5, 5.41) is 12.6. The van der Waals surface area contributed by atoms with Gasteiger partial charge in [0, 0.05) is 18.6 Å². The van der Waals surface area contributed by atoms with Gasteiger partial charge in [-0.05, 0) is 46.7 Å². The van der Waals surface area contributed by atoms with Crippen molar-refractivity contribution in [1.29, 1.82) is 0 Å². The molecular weight excluding hydrogens is 176 g/mol. The summed E-state index contributed by atoms with van der Waals surface area (Å²) in [4.78, 5) is 2.51. The summed E-state index contributed by atoms with van der Waals surface area (Å²) in [5.74, 6) is 0. The van der Waals surface area contributed by atoms with E-state index in [2.05, 4.69) is 24.1 Å². The molecule has 84 valence electrons. The van der Waals surface area contributed by atoms with Crippen molar-refractivity contribution < 1.29 is 5.11 Å². The van der Waals surface area contributed by atoms with E-state index >= 15 is 0 Å². The van der Waals surface area contributed by atoms with Crippen LogP contribution < -0.4 is 5.32 Å². The minimum absolute atomic E-state index is 0.224. The van der Waals surface area contributed by atoms with Crippen molar-refractivity contribution in [3.63, 3.8) is 0 Å². The summed E-state index contributed by atoms with van der Waals surface area (Å²) < 4.78 is 0. The normalized spacial score (nSPS) is 22.9. The van der Waals surface area contributed by atoms with Crippen LogP contribution in [0.2, 0.25) is 0 Å². The zero-order chi connectivity index (χ0) is 10.6. The quantitative estimate of drug-likeness (QED) is 0.705. The number of rotatable bonds is 4. The minimum Gasteiger partial charge on any atom is -0.392 e. The molecule has 0 saturated carbocycles. The molecule has 0 unspecified atom stereocenters. The Morgan fingerprint density at radius 1 is 1.29 bits per heavy atom. The summed E-state index contributed by atoms with van der Waals surface area (Å²) >= 11 is 0. The van der Waals surface area contributed by atoms with Crippen LogP contribution in [-0.4, -0.2) is 47.8 Å². The van der Waals surface area contributed by atoms with E-state index < -0.39 is 0 Å². The molecule has 0 spiro atoms. The van der Waals surface area contributed by atoms with Gasteiger partial charge >= 0.3 is 0 Å². The molecule has 1 fully saturated rings. The summed E-state index contributed by atoms with van der Waals surface area (Å²) in [6.45, 7) is 9.44. The van der Waals surface area contributed by atoms with Crippen LogP contribution in [0.25, 0.3) is 0 Å². The highest BCUT2D eigenvalue weighted by molar-refractivity contribution is 4.79. The molecule has 0 bridgehead atoms. The molecule has 3 nitrogen and oxygen atoms in total. The van der Waals surface area contributed by atoms with Crippen molar-refractivity contribution in [3.8, 4) is 0 Å². The van der Waals surface area contributed by atoms with E-state index in [1.165, 1.54) is 25.9 Å². The number of aliphatic hydroxyl groups excluding tert-OH is 1. The molecule has 0 aromatic rings. The Kier molecular flexibility index (Phi) is 4.85. The topological polar surface area (TPSA) is 35.5 Å². The molecule has 1 rings (SSSR count). The minimum atomic E-state index is -0.224. The van der Waals surface area contributed by atoms with Gasteiger partial charge in [-0.25, -0.2) is 0 Å². The fraction of sp³-hybridized carbons (Fsp3) is 1.00. The highest BCUT2D eigenvalue weighted by atomic mass is 16.3. The predicted octanol–water partition coefficient (Wildman–Crippen LogP) is 0.830. The molecule has 0 aromatic carbocycles. The van der Waals surface area contributed by atoms with Gasteiger partial charge in [-0.2, -0.15) is 0 Å². The molecule has 1 aliphatic heterocycles. The largest absolute Gasteiger partial charge is 0.392 e. The second-order valence-corrected chi connectivity index (χ2v) is 4.66. The Hall–Kier alpha value is -0.120. The van der Waals surface area contributed by atoms with Gasteiger partial charge in [0.15, 0.2) is 0 Å². The Labute approximate surface area is 87.5 Å². The Bertz CT molecular complexity index is 151. The average Bonchev–Trinajstić information content (AvgIpc) is 2.15. The van der Waals surface area contributed by atoms with Crippen LogP contribution in [0.5, 0.6) is 0 Å². The molecule has 0 aliphatic carbocycles. The van der Waals surface area contributed by atoms with Gasteiger partial charge in [0.1, 0.15) is 0 Å². The SMILES string of the molecule is CC(C)N1CCC(NC[C@H](C)O)CC1. The molecule has 3 heteroatoms. The lowest BCUT2D eigenvalue weighted by atomic mass is 10.0. The van der Waals surface area contributed by atoms with Gasteiger partial charge in [0.2, 0.25) is 0 Å². The summed E-state index contributed by atoms with van der Waals surface area (Å²) in [7, 11) is 0. The summed E-state index contributed by atoms with van der Waals surface area (Å²) in [6.07, 6.45) is 2.20. The van der Waals surface area contributed by atoms with E-state index in [0.29, 0.717) is 12.1 Å². The van der Waals surface area contributed by atoms with Crippen LogP contribution in [0.4, 0.5) is 0 Å². The number of likely N-dealkylation sites (tertiary alicyclic amines) is 1. The first kappa shape index (κ1) is 12.0. The molecule has 0 radical (unpaired) electrons. The molecule has 1 saturated heterocycles. The molecule has 0 aromatic heterocycles. The number of nitrogens with zero attached hydrogens (tertiary/aromatic N) is 1. The van der Waals surface area contributed by atoms with Crippen LogP contribution in [0, 0.1) is 0 Å². The smallest absolute Gasteiger partial charge is 0.0636 e. The fourth-order valence-corrected chi connectivity index (χ4v) is 1.96.